The standard InChI is InChI=1S/C21H21ClF2N6O3/c1-29-18(6-8-26-29)28-17-10-13(11-25-19(17)30-9-7-15(31)12-30)20(32)27-14-2-4-16(5-3-14)33-21(22,23)24/h2-6,8,10-11,15,28,31H,7,9,12H2,1H3,(H,27,32)/t15-/m1/s1. The lowest BCUT2D eigenvalue weighted by Crippen LogP contribution is -2.24. The number of nitrogens with one attached hydrogen (secondary N) is 2. The molecule has 0 spiro atoms. The van der Waals surface area contributed by atoms with Crippen LogP contribution in [0.2, 0.25) is 0 Å². The summed E-state index contributed by atoms with van der Waals surface area (Å²) < 4.78 is 31.4. The Labute approximate surface area is 192 Å². The molecule has 4 rings (SSSR count). The number of nitrogens with zero attached hydrogens (tertiary/aromatic N) is 4. The maximum absolute atomic E-state index is 12.8. The van der Waals surface area contributed by atoms with Crippen LogP contribution in [0, 0.1) is 0 Å². The normalized spacial score (nSPS) is 16.0. The number of halogens is 3. The number of pyridine rings is 1. The van der Waals surface area contributed by atoms with E-state index >= 15 is 0 Å². The Morgan fingerprint density at radius 1 is 1.30 bits per heavy atom. The summed E-state index contributed by atoms with van der Waals surface area (Å²) in [6.07, 6.45) is 3.27. The molecule has 2 aromatic heterocycles. The summed E-state index contributed by atoms with van der Waals surface area (Å²) in [5.74, 6) is 0.712. The van der Waals surface area contributed by atoms with Crippen molar-refractivity contribution >= 4 is 40.5 Å². The van der Waals surface area contributed by atoms with Gasteiger partial charge in [-0.15, -0.1) is 8.78 Å². The van der Waals surface area contributed by atoms with Gasteiger partial charge >= 0.3 is 5.57 Å². The minimum atomic E-state index is -3.82. The SMILES string of the molecule is Cn1nccc1Nc1cc(C(=O)Nc2ccc(OC(F)(F)Cl)cc2)cnc1N1CC[C@@H](O)C1. The number of hydrogen-bond donors (Lipinski definition) is 3. The number of amides is 1. The van der Waals surface area contributed by atoms with Crippen molar-refractivity contribution in [3.63, 3.8) is 0 Å². The van der Waals surface area contributed by atoms with E-state index in [-0.39, 0.29) is 11.3 Å². The van der Waals surface area contributed by atoms with E-state index in [1.807, 2.05) is 4.90 Å². The molecular formula is C21H21ClF2N6O3. The van der Waals surface area contributed by atoms with E-state index in [4.69, 9.17) is 11.6 Å². The molecule has 9 nitrogen and oxygen atoms in total. The van der Waals surface area contributed by atoms with Crippen LogP contribution in [0.5, 0.6) is 5.75 Å². The number of alkyl halides is 3. The number of aryl methyl sites for hydroxylation is 1. The topological polar surface area (TPSA) is 105 Å². The fraction of sp³-hybridized carbons (Fsp3) is 0.286. The first kappa shape index (κ1) is 22.7. The van der Waals surface area contributed by atoms with Gasteiger partial charge in [-0.1, -0.05) is 0 Å². The van der Waals surface area contributed by atoms with Crippen molar-refractivity contribution in [3.05, 3.63) is 54.4 Å². The molecular weight excluding hydrogens is 458 g/mol. The number of hydrogen-bond acceptors (Lipinski definition) is 7. The summed E-state index contributed by atoms with van der Waals surface area (Å²) in [7, 11) is 1.78. The number of carbonyl (C=O) groups is 1. The quantitative estimate of drug-likeness (QED) is 0.446. The zero-order valence-corrected chi connectivity index (χ0v) is 18.3. The maximum Gasteiger partial charge on any atom is 0.487 e. The molecule has 1 aromatic carbocycles. The minimum Gasteiger partial charge on any atom is -0.420 e. The zero-order chi connectivity index (χ0) is 23.6. The highest BCUT2D eigenvalue weighted by Gasteiger charge is 2.27. The molecule has 1 amide bonds. The monoisotopic (exact) mass is 478 g/mol. The van der Waals surface area contributed by atoms with Gasteiger partial charge in [0.25, 0.3) is 5.91 Å². The molecule has 3 heterocycles. The van der Waals surface area contributed by atoms with E-state index in [0.717, 1.165) is 0 Å². The summed E-state index contributed by atoms with van der Waals surface area (Å²) >= 11 is 4.75. The molecule has 12 heteroatoms. The fourth-order valence-corrected chi connectivity index (χ4v) is 3.53. The second-order valence-electron chi connectivity index (χ2n) is 7.48. The number of aliphatic hydroxyl groups is 1. The van der Waals surface area contributed by atoms with Gasteiger partial charge in [-0.25, -0.2) is 4.98 Å². The number of aromatic nitrogens is 3. The second kappa shape index (κ2) is 9.20. The minimum absolute atomic E-state index is 0.144. The first-order valence-corrected chi connectivity index (χ1v) is 10.4. The van der Waals surface area contributed by atoms with E-state index in [2.05, 4.69) is 25.5 Å². The van der Waals surface area contributed by atoms with Crippen LogP contribution in [0.25, 0.3) is 0 Å². The molecule has 33 heavy (non-hydrogen) atoms. The molecule has 174 valence electrons. The van der Waals surface area contributed by atoms with Crippen molar-refractivity contribution in [2.75, 3.05) is 28.6 Å². The van der Waals surface area contributed by atoms with Crippen molar-refractivity contribution in [2.24, 2.45) is 7.05 Å². The molecule has 0 radical (unpaired) electrons. The van der Waals surface area contributed by atoms with Gasteiger partial charge < -0.3 is 25.4 Å². The second-order valence-corrected chi connectivity index (χ2v) is 7.92. The summed E-state index contributed by atoms with van der Waals surface area (Å²) in [4.78, 5) is 19.2. The Bertz CT molecular complexity index is 1140. The molecule has 1 aliphatic rings. The van der Waals surface area contributed by atoms with Gasteiger partial charge in [0.05, 0.1) is 23.6 Å². The largest absolute Gasteiger partial charge is 0.487 e. The highest BCUT2D eigenvalue weighted by atomic mass is 35.5. The smallest absolute Gasteiger partial charge is 0.420 e. The van der Waals surface area contributed by atoms with Gasteiger partial charge in [0, 0.05) is 49.7 Å². The van der Waals surface area contributed by atoms with Crippen molar-refractivity contribution in [3.8, 4) is 5.75 Å². The zero-order valence-electron chi connectivity index (χ0n) is 17.5. The Morgan fingerprint density at radius 2 is 2.06 bits per heavy atom. The van der Waals surface area contributed by atoms with Gasteiger partial charge in [-0.2, -0.15) is 5.10 Å². The van der Waals surface area contributed by atoms with Crippen LogP contribution < -0.4 is 20.3 Å². The predicted octanol–water partition coefficient (Wildman–Crippen LogP) is 3.55. The number of aliphatic hydroxyl groups excluding tert-OH is 1. The highest BCUT2D eigenvalue weighted by molar-refractivity contribution is 6.20. The van der Waals surface area contributed by atoms with Gasteiger partial charge in [-0.3, -0.25) is 9.48 Å². The van der Waals surface area contributed by atoms with Crippen LogP contribution in [-0.4, -0.2) is 50.5 Å². The first-order chi connectivity index (χ1) is 15.7. The predicted molar refractivity (Wildman–Crippen MR) is 119 cm³/mol. The number of anilines is 4. The van der Waals surface area contributed by atoms with E-state index in [1.165, 1.54) is 30.5 Å². The maximum atomic E-state index is 12.8. The number of carbonyl (C=O) groups excluding carboxylic acids is 1. The third-order valence-electron chi connectivity index (χ3n) is 5.02. The van der Waals surface area contributed by atoms with Crippen molar-refractivity contribution in [1.82, 2.24) is 14.8 Å². The van der Waals surface area contributed by atoms with Gasteiger partial charge in [0.15, 0.2) is 5.82 Å². The van der Waals surface area contributed by atoms with Crippen molar-refractivity contribution < 1.29 is 23.4 Å². The molecule has 3 aromatic rings. The van der Waals surface area contributed by atoms with E-state index in [9.17, 15) is 18.7 Å². The third kappa shape index (κ3) is 5.68. The lowest BCUT2D eigenvalue weighted by atomic mass is 10.2. The fourth-order valence-electron chi connectivity index (χ4n) is 3.44. The Morgan fingerprint density at radius 3 is 2.67 bits per heavy atom. The van der Waals surface area contributed by atoms with E-state index in [1.54, 1.807) is 30.1 Å². The summed E-state index contributed by atoms with van der Waals surface area (Å²) in [5.41, 5.74) is -2.59. The van der Waals surface area contributed by atoms with Crippen LogP contribution in [-0.2, 0) is 7.05 Å². The molecule has 1 fully saturated rings. The summed E-state index contributed by atoms with van der Waals surface area (Å²) in [6, 6.07) is 8.79. The van der Waals surface area contributed by atoms with Gasteiger partial charge in [-0.05, 0) is 36.8 Å². The molecule has 1 atom stereocenters. The van der Waals surface area contributed by atoms with E-state index in [0.29, 0.717) is 42.5 Å². The first-order valence-electron chi connectivity index (χ1n) is 10.0. The molecule has 1 saturated heterocycles. The van der Waals surface area contributed by atoms with Crippen LogP contribution in [0.4, 0.5) is 31.8 Å². The molecule has 0 saturated carbocycles. The molecule has 0 aliphatic carbocycles. The highest BCUT2D eigenvalue weighted by Crippen LogP contribution is 2.31. The number of rotatable bonds is 7. The van der Waals surface area contributed by atoms with Crippen LogP contribution in [0.15, 0.2) is 48.8 Å². The molecule has 3 N–H and O–H groups in total. The van der Waals surface area contributed by atoms with Gasteiger partial charge in [0.1, 0.15) is 11.6 Å². The molecule has 0 bridgehead atoms. The lowest BCUT2D eigenvalue weighted by Gasteiger charge is -2.21. The average Bonchev–Trinajstić information content (AvgIpc) is 3.36. The van der Waals surface area contributed by atoms with Crippen LogP contribution in [0.3, 0.4) is 0 Å². The Kier molecular flexibility index (Phi) is 6.34. The Hall–Kier alpha value is -3.44. The van der Waals surface area contributed by atoms with Crippen LogP contribution >= 0.6 is 11.6 Å². The number of benzene rings is 1. The molecule has 1 aliphatic heterocycles. The van der Waals surface area contributed by atoms with Crippen LogP contribution in [0.1, 0.15) is 16.8 Å². The lowest BCUT2D eigenvalue weighted by molar-refractivity contribution is -0.0964. The summed E-state index contributed by atoms with van der Waals surface area (Å²) in [5, 5.41) is 20.0. The van der Waals surface area contributed by atoms with Crippen molar-refractivity contribution in [2.45, 2.75) is 18.1 Å². The average molecular weight is 479 g/mol. The molecule has 0 unspecified atom stereocenters. The summed E-state index contributed by atoms with van der Waals surface area (Å²) in [6.45, 7) is 1.07. The van der Waals surface area contributed by atoms with Gasteiger partial charge in [0.2, 0.25) is 0 Å². The third-order valence-corrected chi connectivity index (χ3v) is 5.10. The Balaban J connectivity index is 1.55. The van der Waals surface area contributed by atoms with Crippen molar-refractivity contribution in [1.29, 1.82) is 0 Å². The van der Waals surface area contributed by atoms with E-state index < -0.39 is 17.6 Å². The number of ether oxygens (including phenoxy) is 1. The number of β-amino-alcohol motifs (C(OH)–C–C–N with tert-alkyl or cyclic N) is 1.